The second-order valence-corrected chi connectivity index (χ2v) is 5.14. The van der Waals surface area contributed by atoms with E-state index in [1.807, 2.05) is 24.3 Å². The van der Waals surface area contributed by atoms with E-state index in [1.165, 1.54) is 11.1 Å². The lowest BCUT2D eigenvalue weighted by atomic mass is 10.1. The molecule has 3 heteroatoms. The molecule has 0 spiro atoms. The number of halogens is 1. The summed E-state index contributed by atoms with van der Waals surface area (Å²) in [6, 6.07) is 11.7. The van der Waals surface area contributed by atoms with Gasteiger partial charge in [0.05, 0.1) is 0 Å². The Morgan fingerprint density at radius 2 is 1.89 bits per heavy atom. The van der Waals surface area contributed by atoms with E-state index in [0.29, 0.717) is 5.56 Å². The summed E-state index contributed by atoms with van der Waals surface area (Å²) in [5, 5.41) is 3.31. The first-order valence-electron chi connectivity index (χ1n) is 5.70. The highest BCUT2D eigenvalue weighted by molar-refractivity contribution is 9.10. The molecular formula is C15H14BrNO. The Balaban J connectivity index is 2.40. The maximum Gasteiger partial charge on any atom is 0.152 e. The zero-order valence-electron chi connectivity index (χ0n) is 10.3. The van der Waals surface area contributed by atoms with Crippen LogP contribution in [0.5, 0.6) is 0 Å². The van der Waals surface area contributed by atoms with Crippen LogP contribution in [0.25, 0.3) is 0 Å². The highest BCUT2D eigenvalue weighted by Crippen LogP contribution is 2.26. The average molecular weight is 304 g/mol. The molecule has 0 aliphatic heterocycles. The molecule has 0 unspecified atom stereocenters. The van der Waals surface area contributed by atoms with Crippen molar-refractivity contribution in [3.05, 3.63) is 57.6 Å². The summed E-state index contributed by atoms with van der Waals surface area (Å²) in [6.45, 7) is 4.14. The Kier molecular flexibility index (Phi) is 3.82. The van der Waals surface area contributed by atoms with E-state index >= 15 is 0 Å². The van der Waals surface area contributed by atoms with Gasteiger partial charge < -0.3 is 5.32 Å². The number of aryl methyl sites for hydroxylation is 1. The number of benzene rings is 2. The topological polar surface area (TPSA) is 29.1 Å². The van der Waals surface area contributed by atoms with Gasteiger partial charge in [-0.1, -0.05) is 28.1 Å². The van der Waals surface area contributed by atoms with Gasteiger partial charge in [-0.05, 0) is 49.2 Å². The predicted molar refractivity (Wildman–Crippen MR) is 78.7 cm³/mol. The Bertz CT molecular complexity index is 593. The summed E-state index contributed by atoms with van der Waals surface area (Å²) in [5.74, 6) is 0. The van der Waals surface area contributed by atoms with Crippen molar-refractivity contribution in [2.75, 3.05) is 5.32 Å². The quantitative estimate of drug-likeness (QED) is 0.838. The van der Waals surface area contributed by atoms with Gasteiger partial charge in [0.25, 0.3) is 0 Å². The Labute approximate surface area is 115 Å². The van der Waals surface area contributed by atoms with Crippen molar-refractivity contribution >= 4 is 33.6 Å². The van der Waals surface area contributed by atoms with Crippen LogP contribution in [0.4, 0.5) is 11.4 Å². The lowest BCUT2D eigenvalue weighted by molar-refractivity contribution is 0.112. The lowest BCUT2D eigenvalue weighted by Crippen LogP contribution is -1.98. The molecule has 0 amide bonds. The van der Waals surface area contributed by atoms with Gasteiger partial charge in [0.2, 0.25) is 0 Å². The Morgan fingerprint density at radius 1 is 1.11 bits per heavy atom. The fourth-order valence-electron chi connectivity index (χ4n) is 1.78. The minimum Gasteiger partial charge on any atom is -0.355 e. The van der Waals surface area contributed by atoms with Crippen LogP contribution in [0.15, 0.2) is 40.9 Å². The van der Waals surface area contributed by atoms with Crippen LogP contribution in [0.3, 0.4) is 0 Å². The van der Waals surface area contributed by atoms with Gasteiger partial charge in [0.1, 0.15) is 0 Å². The van der Waals surface area contributed by atoms with Gasteiger partial charge in [0.15, 0.2) is 6.29 Å². The normalized spacial score (nSPS) is 10.2. The van der Waals surface area contributed by atoms with E-state index in [1.54, 1.807) is 6.07 Å². The largest absolute Gasteiger partial charge is 0.355 e. The summed E-state index contributed by atoms with van der Waals surface area (Å²) >= 11 is 3.36. The van der Waals surface area contributed by atoms with E-state index in [0.717, 1.165) is 22.1 Å². The number of hydrogen-bond donors (Lipinski definition) is 1. The van der Waals surface area contributed by atoms with Crippen LogP contribution >= 0.6 is 15.9 Å². The second kappa shape index (κ2) is 5.36. The monoisotopic (exact) mass is 303 g/mol. The second-order valence-electron chi connectivity index (χ2n) is 4.22. The number of nitrogens with one attached hydrogen (secondary N) is 1. The molecule has 0 heterocycles. The molecule has 92 valence electrons. The Hall–Kier alpha value is -1.61. The molecule has 2 nitrogen and oxygen atoms in total. The van der Waals surface area contributed by atoms with Gasteiger partial charge in [-0.2, -0.15) is 0 Å². The number of carbonyl (C=O) groups is 1. The van der Waals surface area contributed by atoms with Gasteiger partial charge in [-0.3, -0.25) is 4.79 Å². The van der Waals surface area contributed by atoms with Crippen molar-refractivity contribution < 1.29 is 4.79 Å². The summed E-state index contributed by atoms with van der Waals surface area (Å²) in [4.78, 5) is 11.1. The van der Waals surface area contributed by atoms with Crippen molar-refractivity contribution in [2.24, 2.45) is 0 Å². The standard InChI is InChI=1S/C15H14BrNO/c1-10-4-3-5-14(11(10)2)17-15-7-6-13(16)8-12(15)9-18/h3-9,17H,1-2H3. The van der Waals surface area contributed by atoms with Gasteiger partial charge in [-0.15, -0.1) is 0 Å². The first-order chi connectivity index (χ1) is 8.61. The van der Waals surface area contributed by atoms with Crippen LogP contribution in [0.1, 0.15) is 21.5 Å². The first kappa shape index (κ1) is 12.8. The third-order valence-electron chi connectivity index (χ3n) is 3.01. The van der Waals surface area contributed by atoms with E-state index in [4.69, 9.17) is 0 Å². The zero-order valence-corrected chi connectivity index (χ0v) is 11.9. The van der Waals surface area contributed by atoms with Crippen molar-refractivity contribution in [3.63, 3.8) is 0 Å². The fraction of sp³-hybridized carbons (Fsp3) is 0.133. The van der Waals surface area contributed by atoms with E-state index in [9.17, 15) is 4.79 Å². The molecule has 2 rings (SSSR count). The molecule has 2 aromatic carbocycles. The van der Waals surface area contributed by atoms with Gasteiger partial charge >= 0.3 is 0 Å². The van der Waals surface area contributed by atoms with Crippen molar-refractivity contribution in [1.82, 2.24) is 0 Å². The highest BCUT2D eigenvalue weighted by Gasteiger charge is 2.05. The number of rotatable bonds is 3. The lowest BCUT2D eigenvalue weighted by Gasteiger charge is -2.13. The van der Waals surface area contributed by atoms with Gasteiger partial charge in [-0.25, -0.2) is 0 Å². The van der Waals surface area contributed by atoms with Gasteiger partial charge in [0, 0.05) is 21.4 Å². The highest BCUT2D eigenvalue weighted by atomic mass is 79.9. The third-order valence-corrected chi connectivity index (χ3v) is 3.51. The summed E-state index contributed by atoms with van der Waals surface area (Å²) in [6.07, 6.45) is 0.859. The molecular weight excluding hydrogens is 290 g/mol. The summed E-state index contributed by atoms with van der Waals surface area (Å²) in [7, 11) is 0. The summed E-state index contributed by atoms with van der Waals surface area (Å²) in [5.41, 5.74) is 4.91. The molecule has 0 saturated carbocycles. The number of anilines is 2. The minimum absolute atomic E-state index is 0.644. The fourth-order valence-corrected chi connectivity index (χ4v) is 2.16. The van der Waals surface area contributed by atoms with Crippen LogP contribution in [-0.4, -0.2) is 6.29 Å². The first-order valence-corrected chi connectivity index (χ1v) is 6.49. The molecule has 0 aromatic heterocycles. The van der Waals surface area contributed by atoms with Crippen LogP contribution in [0.2, 0.25) is 0 Å². The molecule has 0 radical (unpaired) electrons. The molecule has 18 heavy (non-hydrogen) atoms. The average Bonchev–Trinajstić information content (AvgIpc) is 2.37. The molecule has 0 aliphatic carbocycles. The third kappa shape index (κ3) is 2.62. The molecule has 0 atom stereocenters. The van der Waals surface area contributed by atoms with Crippen molar-refractivity contribution in [1.29, 1.82) is 0 Å². The van der Waals surface area contributed by atoms with Crippen LogP contribution in [0, 0.1) is 13.8 Å². The molecule has 0 bridgehead atoms. The van der Waals surface area contributed by atoms with Crippen LogP contribution < -0.4 is 5.32 Å². The molecule has 0 aliphatic rings. The van der Waals surface area contributed by atoms with Crippen molar-refractivity contribution in [3.8, 4) is 0 Å². The molecule has 0 saturated heterocycles. The van der Waals surface area contributed by atoms with Crippen molar-refractivity contribution in [2.45, 2.75) is 13.8 Å². The number of aldehydes is 1. The van der Waals surface area contributed by atoms with E-state index in [-0.39, 0.29) is 0 Å². The molecule has 0 fully saturated rings. The SMILES string of the molecule is Cc1cccc(Nc2ccc(Br)cc2C=O)c1C. The Morgan fingerprint density at radius 3 is 2.61 bits per heavy atom. The predicted octanol–water partition coefficient (Wildman–Crippen LogP) is 4.62. The molecule has 1 N–H and O–H groups in total. The van der Waals surface area contributed by atoms with E-state index < -0.39 is 0 Å². The zero-order chi connectivity index (χ0) is 13.1. The maximum atomic E-state index is 11.1. The van der Waals surface area contributed by atoms with Crippen LogP contribution in [-0.2, 0) is 0 Å². The number of hydrogen-bond acceptors (Lipinski definition) is 2. The minimum atomic E-state index is 0.644. The smallest absolute Gasteiger partial charge is 0.152 e. The summed E-state index contributed by atoms with van der Waals surface area (Å²) < 4.78 is 0.899. The molecule has 2 aromatic rings. The number of carbonyl (C=O) groups excluding carboxylic acids is 1. The maximum absolute atomic E-state index is 11.1. The van der Waals surface area contributed by atoms with E-state index in [2.05, 4.69) is 41.2 Å².